The van der Waals surface area contributed by atoms with Crippen molar-refractivity contribution in [1.29, 1.82) is 0 Å². The van der Waals surface area contributed by atoms with E-state index < -0.39 is 0 Å². The van der Waals surface area contributed by atoms with Crippen molar-refractivity contribution in [1.82, 2.24) is 5.43 Å². The molecule has 0 spiro atoms. The third kappa shape index (κ3) is 3.80. The zero-order chi connectivity index (χ0) is 14.2. The second-order valence-corrected chi connectivity index (χ2v) is 4.79. The molecule has 20 heavy (non-hydrogen) atoms. The van der Waals surface area contributed by atoms with E-state index in [0.717, 1.165) is 4.88 Å². The minimum absolute atomic E-state index is 0.308. The second kappa shape index (κ2) is 7.25. The van der Waals surface area contributed by atoms with E-state index in [9.17, 15) is 4.79 Å². The summed E-state index contributed by atoms with van der Waals surface area (Å²) in [5, 5.41) is 5.87. The van der Waals surface area contributed by atoms with E-state index in [-0.39, 0.29) is 5.91 Å². The van der Waals surface area contributed by atoms with Crippen molar-refractivity contribution in [3.05, 3.63) is 64.9 Å². The third-order valence-corrected chi connectivity index (χ3v) is 3.20. The highest BCUT2D eigenvalue weighted by atomic mass is 32.1. The number of rotatable bonds is 6. The van der Waals surface area contributed by atoms with Gasteiger partial charge in [-0.15, -0.1) is 11.3 Å². The molecule has 0 aliphatic rings. The lowest BCUT2D eigenvalue weighted by molar-refractivity contribution is 0.0951. The van der Waals surface area contributed by atoms with Crippen LogP contribution in [0.1, 0.15) is 15.2 Å². The maximum atomic E-state index is 12.0. The first kappa shape index (κ1) is 14.0. The topological polar surface area (TPSA) is 50.7 Å². The first-order valence-electron chi connectivity index (χ1n) is 6.01. The summed E-state index contributed by atoms with van der Waals surface area (Å²) in [5.41, 5.74) is 2.93. The van der Waals surface area contributed by atoms with Crippen LogP contribution >= 0.6 is 11.3 Å². The van der Waals surface area contributed by atoms with E-state index in [1.54, 1.807) is 41.8 Å². The number of carbonyl (C=O) groups is 1. The van der Waals surface area contributed by atoms with Crippen LogP contribution in [0.3, 0.4) is 0 Å². The number of benzene rings is 1. The molecule has 1 amide bonds. The second-order valence-electron chi connectivity index (χ2n) is 3.81. The van der Waals surface area contributed by atoms with Gasteiger partial charge in [0.25, 0.3) is 5.91 Å². The van der Waals surface area contributed by atoms with Gasteiger partial charge in [0.15, 0.2) is 0 Å². The maximum Gasteiger partial charge on any atom is 0.275 e. The first-order chi connectivity index (χ1) is 9.81. The van der Waals surface area contributed by atoms with Crippen LogP contribution in [0.25, 0.3) is 0 Å². The summed E-state index contributed by atoms with van der Waals surface area (Å²) in [5.74, 6) is 0.202. The van der Waals surface area contributed by atoms with Crippen LogP contribution in [-0.4, -0.2) is 18.7 Å². The molecule has 0 aliphatic heterocycles. The van der Waals surface area contributed by atoms with Crippen LogP contribution < -0.4 is 10.2 Å². The van der Waals surface area contributed by atoms with E-state index in [1.165, 1.54) is 0 Å². The monoisotopic (exact) mass is 286 g/mol. The Hall–Kier alpha value is -2.40. The number of para-hydroxylation sites is 1. The van der Waals surface area contributed by atoms with E-state index >= 15 is 0 Å². The maximum absolute atomic E-state index is 12.0. The predicted octanol–water partition coefficient (Wildman–Crippen LogP) is 3.08. The molecule has 1 aromatic carbocycles. The minimum Gasteiger partial charge on any atom is -0.489 e. The van der Waals surface area contributed by atoms with Crippen LogP contribution in [-0.2, 0) is 0 Å². The lowest BCUT2D eigenvalue weighted by atomic mass is 10.2. The smallest absolute Gasteiger partial charge is 0.275 e. The van der Waals surface area contributed by atoms with Crippen molar-refractivity contribution >= 4 is 23.5 Å². The molecule has 0 saturated heterocycles. The molecule has 0 atom stereocenters. The minimum atomic E-state index is -0.308. The number of nitrogens with one attached hydrogen (secondary N) is 1. The molecule has 1 heterocycles. The number of thiophene rings is 1. The van der Waals surface area contributed by atoms with Gasteiger partial charge in [-0.3, -0.25) is 4.79 Å². The van der Waals surface area contributed by atoms with Crippen molar-refractivity contribution in [2.45, 2.75) is 0 Å². The number of hydrazone groups is 1. The van der Waals surface area contributed by atoms with Crippen LogP contribution in [0.4, 0.5) is 0 Å². The first-order valence-corrected chi connectivity index (χ1v) is 6.89. The van der Waals surface area contributed by atoms with Gasteiger partial charge in [-0.2, -0.15) is 5.10 Å². The van der Waals surface area contributed by atoms with Crippen molar-refractivity contribution in [3.8, 4) is 5.75 Å². The summed E-state index contributed by atoms with van der Waals surface area (Å²) >= 11 is 1.55. The van der Waals surface area contributed by atoms with Gasteiger partial charge in [-0.1, -0.05) is 30.9 Å². The van der Waals surface area contributed by atoms with Gasteiger partial charge in [0, 0.05) is 4.88 Å². The van der Waals surface area contributed by atoms with Gasteiger partial charge in [-0.05, 0) is 23.6 Å². The molecule has 0 bridgehead atoms. The molecule has 0 aliphatic carbocycles. The molecule has 0 unspecified atom stereocenters. The number of carbonyl (C=O) groups excluding carboxylic acids is 1. The fourth-order valence-electron chi connectivity index (χ4n) is 1.51. The van der Waals surface area contributed by atoms with Crippen molar-refractivity contribution in [2.75, 3.05) is 6.61 Å². The van der Waals surface area contributed by atoms with Gasteiger partial charge >= 0.3 is 0 Å². The summed E-state index contributed by atoms with van der Waals surface area (Å²) < 4.78 is 5.43. The molecular formula is C15H14N2O2S. The molecule has 0 fully saturated rings. The number of ether oxygens (including phenoxy) is 1. The van der Waals surface area contributed by atoms with Crippen LogP contribution in [0, 0.1) is 0 Å². The predicted molar refractivity (Wildman–Crippen MR) is 81.5 cm³/mol. The normalized spacial score (nSPS) is 10.4. The van der Waals surface area contributed by atoms with E-state index in [0.29, 0.717) is 17.9 Å². The quantitative estimate of drug-likeness (QED) is 0.504. The van der Waals surface area contributed by atoms with Gasteiger partial charge in [0.05, 0.1) is 11.8 Å². The average molecular weight is 286 g/mol. The molecular weight excluding hydrogens is 272 g/mol. The molecule has 1 N–H and O–H groups in total. The molecule has 2 aromatic rings. The number of hydrogen-bond acceptors (Lipinski definition) is 4. The van der Waals surface area contributed by atoms with Crippen LogP contribution in [0.2, 0.25) is 0 Å². The van der Waals surface area contributed by atoms with Crippen molar-refractivity contribution < 1.29 is 9.53 Å². The SMILES string of the molecule is C=CCOc1ccccc1C(=O)NN=Cc1cccs1. The van der Waals surface area contributed by atoms with Crippen LogP contribution in [0.15, 0.2) is 59.5 Å². The number of amides is 1. The van der Waals surface area contributed by atoms with E-state index in [1.807, 2.05) is 23.6 Å². The highest BCUT2D eigenvalue weighted by Crippen LogP contribution is 2.17. The standard InChI is InChI=1S/C15H14N2O2S/c1-2-9-19-14-8-4-3-7-13(14)15(18)17-16-11-12-6-5-10-20-12/h2-8,10-11H,1,9H2,(H,17,18). The van der Waals surface area contributed by atoms with E-state index in [4.69, 9.17) is 4.74 Å². The molecule has 0 saturated carbocycles. The van der Waals surface area contributed by atoms with E-state index in [2.05, 4.69) is 17.1 Å². The molecule has 1 aromatic heterocycles. The Balaban J connectivity index is 2.03. The molecule has 0 radical (unpaired) electrons. The summed E-state index contributed by atoms with van der Waals surface area (Å²) in [7, 11) is 0. The largest absolute Gasteiger partial charge is 0.489 e. The summed E-state index contributed by atoms with van der Waals surface area (Å²) in [4.78, 5) is 13.0. The van der Waals surface area contributed by atoms with Crippen molar-refractivity contribution in [3.63, 3.8) is 0 Å². The van der Waals surface area contributed by atoms with Gasteiger partial charge in [-0.25, -0.2) is 5.43 Å². The lowest BCUT2D eigenvalue weighted by Gasteiger charge is -2.08. The average Bonchev–Trinajstić information content (AvgIpc) is 2.98. The Bertz CT molecular complexity index is 606. The summed E-state index contributed by atoms with van der Waals surface area (Å²) in [6.07, 6.45) is 3.24. The van der Waals surface area contributed by atoms with Gasteiger partial charge in [0.2, 0.25) is 0 Å². The fraction of sp³-hybridized carbons (Fsp3) is 0.0667. The molecule has 2 rings (SSSR count). The van der Waals surface area contributed by atoms with Gasteiger partial charge < -0.3 is 4.74 Å². The Morgan fingerprint density at radius 3 is 2.95 bits per heavy atom. The lowest BCUT2D eigenvalue weighted by Crippen LogP contribution is -2.18. The highest BCUT2D eigenvalue weighted by molar-refractivity contribution is 7.11. The van der Waals surface area contributed by atoms with Crippen molar-refractivity contribution in [2.24, 2.45) is 5.10 Å². The number of hydrogen-bond donors (Lipinski definition) is 1. The summed E-state index contributed by atoms with van der Waals surface area (Å²) in [6.45, 7) is 3.93. The van der Waals surface area contributed by atoms with Crippen LogP contribution in [0.5, 0.6) is 5.75 Å². The Morgan fingerprint density at radius 1 is 1.35 bits per heavy atom. The zero-order valence-corrected chi connectivity index (χ0v) is 11.6. The molecule has 5 heteroatoms. The van der Waals surface area contributed by atoms with Gasteiger partial charge in [0.1, 0.15) is 12.4 Å². The Kier molecular flexibility index (Phi) is 5.08. The Labute approximate surface area is 121 Å². The number of nitrogens with zero attached hydrogens (tertiary/aromatic N) is 1. The third-order valence-electron chi connectivity index (χ3n) is 2.39. The summed E-state index contributed by atoms with van der Waals surface area (Å²) in [6, 6.07) is 10.9. The molecule has 4 nitrogen and oxygen atoms in total. The highest BCUT2D eigenvalue weighted by Gasteiger charge is 2.10. The Morgan fingerprint density at radius 2 is 2.20 bits per heavy atom. The molecule has 102 valence electrons. The zero-order valence-electron chi connectivity index (χ0n) is 10.8. The fourth-order valence-corrected chi connectivity index (χ4v) is 2.09.